The fourth-order valence-electron chi connectivity index (χ4n) is 6.64. The van der Waals surface area contributed by atoms with Crippen LogP contribution >= 0.6 is 0 Å². The van der Waals surface area contributed by atoms with Crippen LogP contribution in [0.15, 0.2) is 5.10 Å². The van der Waals surface area contributed by atoms with E-state index in [1.165, 1.54) is 44.9 Å². The first kappa shape index (κ1) is 12.2. The lowest BCUT2D eigenvalue weighted by Gasteiger charge is -2.58. The van der Waals surface area contributed by atoms with Crippen LogP contribution in [0.2, 0.25) is 0 Å². The Labute approximate surface area is 117 Å². The maximum atomic E-state index is 5.40. The molecule has 0 aromatic heterocycles. The average Bonchev–Trinajstić information content (AvgIpc) is 2.45. The van der Waals surface area contributed by atoms with Crippen molar-refractivity contribution in [3.8, 4) is 0 Å². The number of nitrogens with zero attached hydrogens (tertiary/aromatic N) is 1. The molecule has 19 heavy (non-hydrogen) atoms. The summed E-state index contributed by atoms with van der Waals surface area (Å²) in [6, 6.07) is 0. The van der Waals surface area contributed by atoms with Crippen LogP contribution in [0.4, 0.5) is 0 Å². The third-order valence-corrected chi connectivity index (χ3v) is 7.10. The van der Waals surface area contributed by atoms with Gasteiger partial charge in [-0.05, 0) is 80.0 Å². The van der Waals surface area contributed by atoms with E-state index in [0.29, 0.717) is 5.92 Å². The monoisotopic (exact) mass is 260 g/mol. The molecule has 0 bridgehead atoms. The Morgan fingerprint density at radius 2 is 1.26 bits per heavy atom. The van der Waals surface area contributed by atoms with Crippen LogP contribution < -0.4 is 5.84 Å². The minimum absolute atomic E-state index is 0.688. The number of hydrazone groups is 1. The van der Waals surface area contributed by atoms with E-state index < -0.39 is 0 Å². The average molecular weight is 260 g/mol. The molecule has 0 saturated heterocycles. The first-order valence-corrected chi connectivity index (χ1v) is 8.60. The van der Waals surface area contributed by atoms with E-state index in [-0.39, 0.29) is 0 Å². The third kappa shape index (κ3) is 1.94. The number of hydrogen-bond donors (Lipinski definition) is 1. The van der Waals surface area contributed by atoms with Crippen molar-refractivity contribution in [3.63, 3.8) is 0 Å². The van der Waals surface area contributed by atoms with E-state index in [4.69, 9.17) is 5.84 Å². The van der Waals surface area contributed by atoms with Crippen molar-refractivity contribution >= 4 is 6.21 Å². The van der Waals surface area contributed by atoms with Crippen molar-refractivity contribution in [2.45, 2.75) is 57.8 Å². The second-order valence-corrected chi connectivity index (χ2v) is 7.81. The zero-order valence-electron chi connectivity index (χ0n) is 12.0. The van der Waals surface area contributed by atoms with Gasteiger partial charge in [0, 0.05) is 6.21 Å². The van der Waals surface area contributed by atoms with Gasteiger partial charge in [0.25, 0.3) is 0 Å². The van der Waals surface area contributed by atoms with Crippen molar-refractivity contribution in [3.05, 3.63) is 0 Å². The molecule has 4 unspecified atom stereocenters. The second kappa shape index (κ2) is 4.79. The van der Waals surface area contributed by atoms with Crippen molar-refractivity contribution in [2.24, 2.45) is 52.4 Å². The summed E-state index contributed by atoms with van der Waals surface area (Å²) < 4.78 is 0. The Balaban J connectivity index is 1.60. The van der Waals surface area contributed by atoms with Crippen molar-refractivity contribution in [2.75, 3.05) is 0 Å². The van der Waals surface area contributed by atoms with Crippen LogP contribution in [0.25, 0.3) is 0 Å². The predicted octanol–water partition coefficient (Wildman–Crippen LogP) is 3.81. The molecule has 2 heteroatoms. The third-order valence-electron chi connectivity index (χ3n) is 7.10. The molecule has 4 rings (SSSR count). The fourth-order valence-corrected chi connectivity index (χ4v) is 6.64. The van der Waals surface area contributed by atoms with E-state index in [9.17, 15) is 0 Å². The zero-order chi connectivity index (χ0) is 12.8. The molecule has 4 atom stereocenters. The van der Waals surface area contributed by atoms with Crippen molar-refractivity contribution < 1.29 is 0 Å². The topological polar surface area (TPSA) is 38.4 Å². The first-order valence-electron chi connectivity index (χ1n) is 8.60. The van der Waals surface area contributed by atoms with Crippen LogP contribution in [-0.4, -0.2) is 6.21 Å². The second-order valence-electron chi connectivity index (χ2n) is 7.81. The van der Waals surface area contributed by atoms with Crippen LogP contribution in [0.3, 0.4) is 0 Å². The summed E-state index contributed by atoms with van der Waals surface area (Å²) in [6.45, 7) is 0. The van der Waals surface area contributed by atoms with E-state index in [1.54, 1.807) is 12.8 Å². The Kier molecular flexibility index (Phi) is 3.08. The van der Waals surface area contributed by atoms with Gasteiger partial charge in [0.15, 0.2) is 0 Å². The molecule has 4 aliphatic rings. The van der Waals surface area contributed by atoms with Crippen LogP contribution in [0, 0.1) is 41.4 Å². The minimum atomic E-state index is 0.688. The van der Waals surface area contributed by atoms with E-state index >= 15 is 0 Å². The summed E-state index contributed by atoms with van der Waals surface area (Å²) in [6.07, 6.45) is 15.5. The first-order chi connectivity index (χ1) is 9.36. The minimum Gasteiger partial charge on any atom is -0.324 e. The molecule has 106 valence electrons. The maximum absolute atomic E-state index is 5.40. The highest BCUT2D eigenvalue weighted by molar-refractivity contribution is 5.60. The molecule has 4 aliphatic carbocycles. The molecular formula is C17H28N2. The van der Waals surface area contributed by atoms with Gasteiger partial charge in [0.05, 0.1) is 0 Å². The molecule has 0 aliphatic heterocycles. The molecule has 0 aromatic rings. The van der Waals surface area contributed by atoms with E-state index in [1.807, 2.05) is 0 Å². The smallest absolute Gasteiger partial charge is 0.0271 e. The summed E-state index contributed by atoms with van der Waals surface area (Å²) in [5.74, 6) is 12.5. The Bertz CT molecular complexity index is 338. The standard InChI is InChI=1S/C17H28N2/c18-19-10-11-8-14-6-4-12-2-1-3-13-5-7-15(9-11)17(14)16(12)13/h10-17H,1-9,18H2. The van der Waals surface area contributed by atoms with Gasteiger partial charge < -0.3 is 5.84 Å². The van der Waals surface area contributed by atoms with Crippen molar-refractivity contribution in [1.29, 1.82) is 0 Å². The Morgan fingerprint density at radius 3 is 1.84 bits per heavy atom. The van der Waals surface area contributed by atoms with Crippen LogP contribution in [-0.2, 0) is 0 Å². The molecule has 2 nitrogen and oxygen atoms in total. The fraction of sp³-hybridized carbons (Fsp3) is 0.941. The molecule has 0 heterocycles. The van der Waals surface area contributed by atoms with Gasteiger partial charge in [-0.3, -0.25) is 0 Å². The molecular weight excluding hydrogens is 232 g/mol. The summed E-state index contributed by atoms with van der Waals surface area (Å²) in [4.78, 5) is 0. The van der Waals surface area contributed by atoms with E-state index in [2.05, 4.69) is 11.3 Å². The molecule has 4 fully saturated rings. The summed E-state index contributed by atoms with van der Waals surface area (Å²) in [5.41, 5.74) is 0. The van der Waals surface area contributed by atoms with Crippen LogP contribution in [0.1, 0.15) is 57.8 Å². The predicted molar refractivity (Wildman–Crippen MR) is 78.7 cm³/mol. The maximum Gasteiger partial charge on any atom is 0.0271 e. The van der Waals surface area contributed by atoms with E-state index in [0.717, 1.165) is 35.5 Å². The van der Waals surface area contributed by atoms with Gasteiger partial charge in [-0.1, -0.05) is 19.3 Å². The van der Waals surface area contributed by atoms with Gasteiger partial charge >= 0.3 is 0 Å². The van der Waals surface area contributed by atoms with Gasteiger partial charge in [-0.15, -0.1) is 0 Å². The Hall–Kier alpha value is -0.530. The molecule has 0 aromatic carbocycles. The normalized spacial score (nSPS) is 52.9. The van der Waals surface area contributed by atoms with Gasteiger partial charge in [-0.2, -0.15) is 5.10 Å². The lowest BCUT2D eigenvalue weighted by Crippen LogP contribution is -2.50. The summed E-state index contributed by atoms with van der Waals surface area (Å²) in [5, 5.41) is 3.84. The largest absolute Gasteiger partial charge is 0.324 e. The van der Waals surface area contributed by atoms with Crippen LogP contribution in [0.5, 0.6) is 0 Å². The summed E-state index contributed by atoms with van der Waals surface area (Å²) in [7, 11) is 0. The Morgan fingerprint density at radius 1 is 0.737 bits per heavy atom. The highest BCUT2D eigenvalue weighted by Gasteiger charge is 2.52. The molecule has 4 saturated carbocycles. The van der Waals surface area contributed by atoms with Gasteiger partial charge in [0.1, 0.15) is 0 Å². The molecule has 0 spiro atoms. The molecule has 2 N–H and O–H groups in total. The molecule has 0 amide bonds. The highest BCUT2D eigenvalue weighted by atomic mass is 15.1. The van der Waals surface area contributed by atoms with Gasteiger partial charge in [-0.25, -0.2) is 0 Å². The highest BCUT2D eigenvalue weighted by Crippen LogP contribution is 2.60. The summed E-state index contributed by atoms with van der Waals surface area (Å²) >= 11 is 0. The lowest BCUT2D eigenvalue weighted by atomic mass is 9.47. The van der Waals surface area contributed by atoms with Crippen molar-refractivity contribution in [1.82, 2.24) is 0 Å². The zero-order valence-corrected chi connectivity index (χ0v) is 12.0. The van der Waals surface area contributed by atoms with Gasteiger partial charge in [0.2, 0.25) is 0 Å². The quantitative estimate of drug-likeness (QED) is 0.434. The number of rotatable bonds is 1. The SMILES string of the molecule is NN=CC1CC2CCC3CCCC4CCC(C1)C2C34. The lowest BCUT2D eigenvalue weighted by molar-refractivity contribution is -0.0816. The molecule has 0 radical (unpaired) electrons. The number of hydrogen-bond acceptors (Lipinski definition) is 2. The number of nitrogens with two attached hydrogens (primary N) is 1.